The molecule has 2 rings (SSSR count). The van der Waals surface area contributed by atoms with E-state index in [-0.39, 0.29) is 5.92 Å². The Morgan fingerprint density at radius 2 is 2.00 bits per heavy atom. The van der Waals surface area contributed by atoms with Gasteiger partial charge < -0.3 is 10.4 Å². The molecule has 0 spiro atoms. The first-order valence-electron chi connectivity index (χ1n) is 8.20. The summed E-state index contributed by atoms with van der Waals surface area (Å²) in [5.41, 5.74) is 1.34. The molecule has 1 aromatic carbocycles. The van der Waals surface area contributed by atoms with E-state index in [0.717, 1.165) is 38.6 Å². The molecule has 0 bridgehead atoms. The van der Waals surface area contributed by atoms with Gasteiger partial charge in [-0.05, 0) is 43.7 Å². The minimum absolute atomic E-state index is 0.152. The van der Waals surface area contributed by atoms with Crippen LogP contribution in [-0.2, 0) is 11.2 Å². The van der Waals surface area contributed by atoms with Gasteiger partial charge in [-0.2, -0.15) is 0 Å². The van der Waals surface area contributed by atoms with E-state index >= 15 is 0 Å². The average molecular weight is 289 g/mol. The van der Waals surface area contributed by atoms with E-state index in [1.807, 2.05) is 6.07 Å². The van der Waals surface area contributed by atoms with Crippen LogP contribution in [0.4, 0.5) is 0 Å². The lowest BCUT2D eigenvalue weighted by Gasteiger charge is -2.30. The van der Waals surface area contributed by atoms with Crippen molar-refractivity contribution in [2.24, 2.45) is 11.8 Å². The third kappa shape index (κ3) is 4.85. The Hall–Kier alpha value is -1.35. The second-order valence-corrected chi connectivity index (χ2v) is 6.19. The topological polar surface area (TPSA) is 49.3 Å². The maximum atomic E-state index is 11.3. The van der Waals surface area contributed by atoms with E-state index in [1.54, 1.807) is 0 Å². The van der Waals surface area contributed by atoms with Crippen LogP contribution in [0.15, 0.2) is 30.3 Å². The lowest BCUT2D eigenvalue weighted by atomic mass is 9.79. The maximum Gasteiger partial charge on any atom is 0.306 e. The quantitative estimate of drug-likeness (QED) is 0.808. The summed E-state index contributed by atoms with van der Waals surface area (Å²) in [5, 5.41) is 12.9. The largest absolute Gasteiger partial charge is 0.481 e. The zero-order valence-electron chi connectivity index (χ0n) is 12.9. The summed E-state index contributed by atoms with van der Waals surface area (Å²) in [7, 11) is 0. The summed E-state index contributed by atoms with van der Waals surface area (Å²) in [5.74, 6) is -0.473. The van der Waals surface area contributed by atoms with Crippen LogP contribution in [-0.4, -0.2) is 23.7 Å². The third-order valence-corrected chi connectivity index (χ3v) is 4.71. The first-order valence-corrected chi connectivity index (χ1v) is 8.20. The molecule has 21 heavy (non-hydrogen) atoms. The van der Waals surface area contributed by atoms with Crippen molar-refractivity contribution in [2.75, 3.05) is 6.54 Å². The number of nitrogens with one attached hydrogen (secondary N) is 1. The molecule has 0 radical (unpaired) electrons. The highest BCUT2D eigenvalue weighted by Gasteiger charge is 2.30. The van der Waals surface area contributed by atoms with Crippen LogP contribution in [0.5, 0.6) is 0 Å². The number of benzene rings is 1. The van der Waals surface area contributed by atoms with Gasteiger partial charge in [0.05, 0.1) is 5.92 Å². The predicted octanol–water partition coefficient (Wildman–Crippen LogP) is 3.49. The van der Waals surface area contributed by atoms with Gasteiger partial charge in [0.15, 0.2) is 0 Å². The number of aliphatic carboxylic acids is 1. The molecule has 3 heteroatoms. The molecule has 116 valence electrons. The Bertz CT molecular complexity index is 432. The van der Waals surface area contributed by atoms with Crippen molar-refractivity contribution in [3.8, 4) is 0 Å². The van der Waals surface area contributed by atoms with Gasteiger partial charge >= 0.3 is 5.97 Å². The van der Waals surface area contributed by atoms with Gasteiger partial charge in [0.25, 0.3) is 0 Å². The van der Waals surface area contributed by atoms with Crippen LogP contribution in [0.2, 0.25) is 0 Å². The summed E-state index contributed by atoms with van der Waals surface area (Å²) >= 11 is 0. The highest BCUT2D eigenvalue weighted by atomic mass is 16.4. The molecule has 3 unspecified atom stereocenters. The number of hydrogen-bond donors (Lipinski definition) is 2. The van der Waals surface area contributed by atoms with E-state index in [2.05, 4.69) is 36.5 Å². The fourth-order valence-corrected chi connectivity index (χ4v) is 3.35. The highest BCUT2D eigenvalue weighted by molar-refractivity contribution is 5.70. The molecule has 1 aromatic rings. The zero-order chi connectivity index (χ0) is 15.1. The number of carboxylic acid groups (broad SMARTS) is 1. The minimum Gasteiger partial charge on any atom is -0.481 e. The Labute approximate surface area is 127 Å². The van der Waals surface area contributed by atoms with Gasteiger partial charge in [-0.25, -0.2) is 0 Å². The van der Waals surface area contributed by atoms with Crippen molar-refractivity contribution in [3.05, 3.63) is 35.9 Å². The van der Waals surface area contributed by atoms with Crippen LogP contribution < -0.4 is 5.32 Å². The van der Waals surface area contributed by atoms with Crippen LogP contribution in [0.3, 0.4) is 0 Å². The molecular weight excluding hydrogens is 262 g/mol. The first kappa shape index (κ1) is 16.0. The molecule has 0 amide bonds. The van der Waals surface area contributed by atoms with Gasteiger partial charge in [-0.3, -0.25) is 4.79 Å². The molecule has 3 nitrogen and oxygen atoms in total. The van der Waals surface area contributed by atoms with E-state index < -0.39 is 5.97 Å². The lowest BCUT2D eigenvalue weighted by Crippen LogP contribution is -2.39. The van der Waals surface area contributed by atoms with Crippen LogP contribution >= 0.6 is 0 Å². The van der Waals surface area contributed by atoms with Crippen LogP contribution in [0.25, 0.3) is 0 Å². The van der Waals surface area contributed by atoms with Gasteiger partial charge in [0.1, 0.15) is 0 Å². The molecule has 1 aliphatic carbocycles. The molecule has 3 atom stereocenters. The van der Waals surface area contributed by atoms with Crippen molar-refractivity contribution >= 4 is 5.97 Å². The minimum atomic E-state index is -0.613. The average Bonchev–Trinajstić information content (AvgIpc) is 2.52. The summed E-state index contributed by atoms with van der Waals surface area (Å²) in [4.78, 5) is 11.3. The van der Waals surface area contributed by atoms with Gasteiger partial charge in [-0.15, -0.1) is 0 Å². The normalized spacial score (nSPS) is 23.7. The summed E-state index contributed by atoms with van der Waals surface area (Å²) in [6.07, 6.45) is 6.21. The van der Waals surface area contributed by atoms with Crippen LogP contribution in [0, 0.1) is 11.8 Å². The fraction of sp³-hybridized carbons (Fsp3) is 0.611. The molecule has 1 saturated carbocycles. The zero-order valence-corrected chi connectivity index (χ0v) is 12.9. The predicted molar refractivity (Wildman–Crippen MR) is 85.3 cm³/mol. The summed E-state index contributed by atoms with van der Waals surface area (Å²) in [6, 6.07) is 10.9. The molecule has 0 aliphatic heterocycles. The fourth-order valence-electron chi connectivity index (χ4n) is 3.35. The standard InChI is InChI=1S/C18H27NO2/c1-2-16(12-14-8-4-3-5-9-14)19-13-15-10-6-7-11-17(15)18(20)21/h3-5,8-9,15-17,19H,2,6-7,10-13H2,1H3,(H,20,21). The van der Waals surface area contributed by atoms with Crippen molar-refractivity contribution in [1.82, 2.24) is 5.32 Å². The van der Waals surface area contributed by atoms with Gasteiger partial charge in [0.2, 0.25) is 0 Å². The second-order valence-electron chi connectivity index (χ2n) is 6.19. The first-order chi connectivity index (χ1) is 10.2. The smallest absolute Gasteiger partial charge is 0.306 e. The number of carbonyl (C=O) groups is 1. The summed E-state index contributed by atoms with van der Waals surface area (Å²) < 4.78 is 0. The molecule has 1 fully saturated rings. The molecule has 2 N–H and O–H groups in total. The Morgan fingerprint density at radius 3 is 2.67 bits per heavy atom. The van der Waals surface area contributed by atoms with Gasteiger partial charge in [-0.1, -0.05) is 50.1 Å². The molecule has 0 heterocycles. The molecule has 0 aromatic heterocycles. The Kier molecular flexibility index (Phi) is 6.24. The van der Waals surface area contributed by atoms with E-state index in [9.17, 15) is 9.90 Å². The van der Waals surface area contributed by atoms with Crippen LogP contribution in [0.1, 0.15) is 44.6 Å². The number of rotatable bonds is 7. The van der Waals surface area contributed by atoms with Crippen molar-refractivity contribution in [1.29, 1.82) is 0 Å². The van der Waals surface area contributed by atoms with E-state index in [1.165, 1.54) is 12.0 Å². The highest BCUT2D eigenvalue weighted by Crippen LogP contribution is 2.29. The summed E-state index contributed by atoms with van der Waals surface area (Å²) in [6.45, 7) is 3.03. The van der Waals surface area contributed by atoms with Gasteiger partial charge in [0, 0.05) is 6.04 Å². The third-order valence-electron chi connectivity index (χ3n) is 4.71. The molecular formula is C18H27NO2. The van der Waals surface area contributed by atoms with E-state index in [4.69, 9.17) is 0 Å². The maximum absolute atomic E-state index is 11.3. The number of carboxylic acids is 1. The van der Waals surface area contributed by atoms with Crippen molar-refractivity contribution < 1.29 is 9.90 Å². The lowest BCUT2D eigenvalue weighted by molar-refractivity contribution is -0.144. The monoisotopic (exact) mass is 289 g/mol. The molecule has 0 saturated heterocycles. The molecule has 1 aliphatic rings. The SMILES string of the molecule is CCC(Cc1ccccc1)NCC1CCCCC1C(=O)O. The Balaban J connectivity index is 1.85. The number of hydrogen-bond acceptors (Lipinski definition) is 2. The second kappa shape index (κ2) is 8.18. The Morgan fingerprint density at radius 1 is 1.29 bits per heavy atom. The van der Waals surface area contributed by atoms with Crippen molar-refractivity contribution in [2.45, 2.75) is 51.5 Å². The van der Waals surface area contributed by atoms with Crippen molar-refractivity contribution in [3.63, 3.8) is 0 Å². The van der Waals surface area contributed by atoms with E-state index in [0.29, 0.717) is 12.0 Å².